The Morgan fingerprint density at radius 1 is 1.30 bits per heavy atom. The van der Waals surface area contributed by atoms with Gasteiger partial charge in [-0.15, -0.1) is 0 Å². The number of carbonyl (C=O) groups is 2. The van der Waals surface area contributed by atoms with Gasteiger partial charge in [0.2, 0.25) is 10.0 Å². The highest BCUT2D eigenvalue weighted by Crippen LogP contribution is 2.17. The van der Waals surface area contributed by atoms with Crippen molar-refractivity contribution in [2.75, 3.05) is 17.6 Å². The molecule has 0 atom stereocenters. The van der Waals surface area contributed by atoms with E-state index in [-0.39, 0.29) is 29.8 Å². The standard InChI is InChI=1S/C12H15NO6S/c1-19-12(16)9-5-2-3-6-10(9)13-20(17,18)8-4-7-11(14)15/h2-3,5-6,13H,4,7-8H2,1H3,(H,14,15). The van der Waals surface area contributed by atoms with E-state index in [0.717, 1.165) is 0 Å². The lowest BCUT2D eigenvalue weighted by atomic mass is 10.2. The fourth-order valence-corrected chi connectivity index (χ4v) is 2.63. The quantitative estimate of drug-likeness (QED) is 0.729. The molecule has 7 nitrogen and oxygen atoms in total. The van der Waals surface area contributed by atoms with Crippen molar-refractivity contribution < 1.29 is 27.9 Å². The maximum atomic E-state index is 11.8. The zero-order valence-electron chi connectivity index (χ0n) is 10.8. The topological polar surface area (TPSA) is 110 Å². The maximum absolute atomic E-state index is 11.8. The SMILES string of the molecule is COC(=O)c1ccccc1NS(=O)(=O)CCCC(=O)O. The van der Waals surface area contributed by atoms with Crippen molar-refractivity contribution in [2.45, 2.75) is 12.8 Å². The predicted molar refractivity (Wildman–Crippen MR) is 72.1 cm³/mol. The van der Waals surface area contributed by atoms with Gasteiger partial charge in [-0.05, 0) is 18.6 Å². The van der Waals surface area contributed by atoms with Crippen molar-refractivity contribution >= 4 is 27.6 Å². The monoisotopic (exact) mass is 301 g/mol. The number of rotatable bonds is 7. The Bertz CT molecular complexity index is 596. The van der Waals surface area contributed by atoms with E-state index in [2.05, 4.69) is 9.46 Å². The first kappa shape index (κ1) is 16.0. The van der Waals surface area contributed by atoms with Crippen LogP contribution in [-0.2, 0) is 19.6 Å². The molecule has 0 aliphatic carbocycles. The summed E-state index contributed by atoms with van der Waals surface area (Å²) in [6, 6.07) is 6.01. The number of ether oxygens (including phenoxy) is 1. The molecule has 0 heterocycles. The Labute approximate surface area is 116 Å². The van der Waals surface area contributed by atoms with Crippen molar-refractivity contribution in [3.63, 3.8) is 0 Å². The molecule has 0 amide bonds. The number of nitrogens with one attached hydrogen (secondary N) is 1. The first-order valence-corrected chi connectivity index (χ1v) is 7.40. The van der Waals surface area contributed by atoms with Crippen LogP contribution in [0.1, 0.15) is 23.2 Å². The second-order valence-electron chi connectivity index (χ2n) is 3.96. The van der Waals surface area contributed by atoms with E-state index in [4.69, 9.17) is 5.11 Å². The number of hydrogen-bond donors (Lipinski definition) is 2. The molecule has 0 spiro atoms. The zero-order chi connectivity index (χ0) is 15.2. The van der Waals surface area contributed by atoms with Gasteiger partial charge < -0.3 is 9.84 Å². The van der Waals surface area contributed by atoms with Gasteiger partial charge in [-0.3, -0.25) is 9.52 Å². The van der Waals surface area contributed by atoms with E-state index in [9.17, 15) is 18.0 Å². The summed E-state index contributed by atoms with van der Waals surface area (Å²) >= 11 is 0. The molecule has 0 saturated carbocycles. The second-order valence-corrected chi connectivity index (χ2v) is 5.80. The van der Waals surface area contributed by atoms with Crippen LogP contribution in [0.25, 0.3) is 0 Å². The molecular weight excluding hydrogens is 286 g/mol. The van der Waals surface area contributed by atoms with Crippen molar-refractivity contribution in [3.8, 4) is 0 Å². The van der Waals surface area contributed by atoms with E-state index < -0.39 is 22.0 Å². The normalized spacial score (nSPS) is 10.8. The van der Waals surface area contributed by atoms with Crippen molar-refractivity contribution in [2.24, 2.45) is 0 Å². The van der Waals surface area contributed by atoms with Crippen LogP contribution in [0.3, 0.4) is 0 Å². The number of benzene rings is 1. The van der Waals surface area contributed by atoms with Gasteiger partial charge in [0.05, 0.1) is 24.1 Å². The lowest BCUT2D eigenvalue weighted by Gasteiger charge is -2.10. The van der Waals surface area contributed by atoms with Crippen LogP contribution in [0, 0.1) is 0 Å². The number of anilines is 1. The minimum atomic E-state index is -3.72. The average Bonchev–Trinajstić information content (AvgIpc) is 2.37. The highest BCUT2D eigenvalue weighted by molar-refractivity contribution is 7.92. The van der Waals surface area contributed by atoms with Crippen molar-refractivity contribution in [1.82, 2.24) is 0 Å². The molecule has 0 bridgehead atoms. The molecule has 0 fully saturated rings. The molecule has 8 heteroatoms. The number of esters is 1. The van der Waals surface area contributed by atoms with Gasteiger partial charge in [0.25, 0.3) is 0 Å². The fraction of sp³-hybridized carbons (Fsp3) is 0.333. The third-order valence-corrected chi connectivity index (χ3v) is 3.76. The lowest BCUT2D eigenvalue weighted by Crippen LogP contribution is -2.19. The maximum Gasteiger partial charge on any atom is 0.339 e. The van der Waals surface area contributed by atoms with E-state index >= 15 is 0 Å². The molecule has 0 aliphatic rings. The minimum Gasteiger partial charge on any atom is -0.481 e. The van der Waals surface area contributed by atoms with Crippen molar-refractivity contribution in [1.29, 1.82) is 0 Å². The summed E-state index contributed by atoms with van der Waals surface area (Å²) in [4.78, 5) is 21.8. The van der Waals surface area contributed by atoms with Crippen LogP contribution >= 0.6 is 0 Å². The van der Waals surface area contributed by atoms with E-state index in [1.165, 1.54) is 19.2 Å². The Kier molecular flexibility index (Phi) is 5.51. The Morgan fingerprint density at radius 2 is 1.95 bits per heavy atom. The van der Waals surface area contributed by atoms with Crippen LogP contribution in [-0.4, -0.2) is 38.3 Å². The molecule has 0 aliphatic heterocycles. The third kappa shape index (κ3) is 4.88. The van der Waals surface area contributed by atoms with Crippen LogP contribution in [0.5, 0.6) is 0 Å². The number of methoxy groups -OCH3 is 1. The highest BCUT2D eigenvalue weighted by Gasteiger charge is 2.17. The van der Waals surface area contributed by atoms with Crippen LogP contribution in [0.15, 0.2) is 24.3 Å². The van der Waals surface area contributed by atoms with Crippen LogP contribution < -0.4 is 4.72 Å². The average molecular weight is 301 g/mol. The largest absolute Gasteiger partial charge is 0.481 e. The van der Waals surface area contributed by atoms with Gasteiger partial charge in [0.15, 0.2) is 0 Å². The fourth-order valence-electron chi connectivity index (χ4n) is 1.49. The predicted octanol–water partition coefficient (Wildman–Crippen LogP) is 1.08. The van der Waals surface area contributed by atoms with Gasteiger partial charge in [-0.25, -0.2) is 13.2 Å². The molecule has 0 radical (unpaired) electrons. The van der Waals surface area contributed by atoms with Crippen LogP contribution in [0.4, 0.5) is 5.69 Å². The van der Waals surface area contributed by atoms with Crippen LogP contribution in [0.2, 0.25) is 0 Å². The lowest BCUT2D eigenvalue weighted by molar-refractivity contribution is -0.137. The molecule has 1 aromatic rings. The summed E-state index contributed by atoms with van der Waals surface area (Å²) in [5.41, 5.74) is 0.200. The molecule has 0 aromatic heterocycles. The molecule has 1 aromatic carbocycles. The van der Waals surface area contributed by atoms with E-state index in [0.29, 0.717) is 0 Å². The number of aliphatic carboxylic acids is 1. The molecule has 1 rings (SSSR count). The first-order chi connectivity index (χ1) is 9.35. The summed E-state index contributed by atoms with van der Waals surface area (Å²) in [5, 5.41) is 8.47. The summed E-state index contributed by atoms with van der Waals surface area (Å²) in [6.07, 6.45) is -0.245. The van der Waals surface area contributed by atoms with Gasteiger partial charge in [0, 0.05) is 6.42 Å². The molecular formula is C12H15NO6S. The number of hydrogen-bond acceptors (Lipinski definition) is 5. The third-order valence-electron chi connectivity index (χ3n) is 2.40. The van der Waals surface area contributed by atoms with E-state index in [1.54, 1.807) is 12.1 Å². The molecule has 0 unspecified atom stereocenters. The highest BCUT2D eigenvalue weighted by atomic mass is 32.2. The Morgan fingerprint density at radius 3 is 2.55 bits per heavy atom. The molecule has 0 saturated heterocycles. The van der Waals surface area contributed by atoms with Crippen molar-refractivity contribution in [3.05, 3.63) is 29.8 Å². The first-order valence-electron chi connectivity index (χ1n) is 5.75. The number of para-hydroxylation sites is 1. The number of carbonyl (C=O) groups excluding carboxylic acids is 1. The molecule has 110 valence electrons. The summed E-state index contributed by atoms with van der Waals surface area (Å²) < 4.78 is 30.4. The number of sulfonamides is 1. The van der Waals surface area contributed by atoms with Gasteiger partial charge >= 0.3 is 11.9 Å². The van der Waals surface area contributed by atoms with Gasteiger partial charge in [-0.2, -0.15) is 0 Å². The van der Waals surface area contributed by atoms with Gasteiger partial charge in [-0.1, -0.05) is 12.1 Å². The zero-order valence-corrected chi connectivity index (χ0v) is 11.6. The summed E-state index contributed by atoms with van der Waals surface area (Å²) in [5.74, 6) is -2.06. The molecule has 20 heavy (non-hydrogen) atoms. The minimum absolute atomic E-state index is 0.00887. The Hall–Kier alpha value is -2.09. The second kappa shape index (κ2) is 6.90. The number of carboxylic acid groups (broad SMARTS) is 1. The van der Waals surface area contributed by atoms with Gasteiger partial charge in [0.1, 0.15) is 0 Å². The summed E-state index contributed by atoms with van der Waals surface area (Å²) in [6.45, 7) is 0. The number of carboxylic acids is 1. The smallest absolute Gasteiger partial charge is 0.339 e. The Balaban J connectivity index is 2.82. The molecule has 2 N–H and O–H groups in total. The summed E-state index contributed by atoms with van der Waals surface area (Å²) in [7, 11) is -2.52. The van der Waals surface area contributed by atoms with E-state index in [1.807, 2.05) is 0 Å².